The lowest BCUT2D eigenvalue weighted by Gasteiger charge is -2.34. The van der Waals surface area contributed by atoms with E-state index in [1.165, 1.54) is 16.8 Å². The first-order valence-electron chi connectivity index (χ1n) is 11.1. The Hall–Kier alpha value is -3.58. The van der Waals surface area contributed by atoms with Crippen LogP contribution in [0, 0.1) is 13.8 Å². The van der Waals surface area contributed by atoms with Crippen LogP contribution in [0.2, 0.25) is 0 Å². The molecule has 1 aliphatic heterocycles. The lowest BCUT2D eigenvalue weighted by molar-refractivity contribution is 0.313. The predicted octanol–water partition coefficient (Wildman–Crippen LogP) is 4.81. The Balaban J connectivity index is 1.41. The number of rotatable bonds is 5. The van der Waals surface area contributed by atoms with Gasteiger partial charge in [0, 0.05) is 49.4 Å². The fourth-order valence-corrected chi connectivity index (χ4v) is 4.10. The Morgan fingerprint density at radius 2 is 1.62 bits per heavy atom. The maximum absolute atomic E-state index is 4.80. The van der Waals surface area contributed by atoms with Crippen LogP contribution >= 0.6 is 0 Å². The highest BCUT2D eigenvalue weighted by atomic mass is 15.2. The van der Waals surface area contributed by atoms with Gasteiger partial charge in [0.2, 0.25) is 5.95 Å². The van der Waals surface area contributed by atoms with Crippen LogP contribution in [-0.4, -0.2) is 53.1 Å². The molecule has 0 saturated carbocycles. The van der Waals surface area contributed by atoms with E-state index in [1.54, 1.807) is 0 Å². The van der Waals surface area contributed by atoms with Gasteiger partial charge in [-0.15, -0.1) is 0 Å². The molecule has 0 atom stereocenters. The molecule has 4 aromatic rings. The Morgan fingerprint density at radius 1 is 0.844 bits per heavy atom. The number of aryl methyl sites for hydroxylation is 2. The van der Waals surface area contributed by atoms with Crippen molar-refractivity contribution >= 4 is 39.9 Å². The van der Waals surface area contributed by atoms with Crippen LogP contribution in [0.5, 0.6) is 0 Å². The summed E-state index contributed by atoms with van der Waals surface area (Å²) in [6.45, 7) is 8.52. The van der Waals surface area contributed by atoms with Crippen LogP contribution in [0.3, 0.4) is 0 Å². The number of anilines is 5. The van der Waals surface area contributed by atoms with Crippen molar-refractivity contribution in [2.75, 3.05) is 48.8 Å². The van der Waals surface area contributed by atoms with Crippen molar-refractivity contribution in [2.45, 2.75) is 13.8 Å². The van der Waals surface area contributed by atoms with Gasteiger partial charge < -0.3 is 25.4 Å². The van der Waals surface area contributed by atoms with E-state index < -0.39 is 0 Å². The number of H-pyrrole nitrogens is 1. The number of aromatic amines is 1. The van der Waals surface area contributed by atoms with Crippen LogP contribution in [-0.2, 0) is 0 Å². The molecule has 7 heteroatoms. The third-order valence-corrected chi connectivity index (χ3v) is 6.14. The molecule has 1 saturated heterocycles. The molecular weight excluding hydrogens is 398 g/mol. The third kappa shape index (κ3) is 4.11. The summed E-state index contributed by atoms with van der Waals surface area (Å²) in [5.41, 5.74) is 6.45. The largest absolute Gasteiger partial charge is 0.369 e. The molecule has 0 spiro atoms. The Bertz CT molecular complexity index is 1240. The highest BCUT2D eigenvalue weighted by molar-refractivity contribution is 5.90. The second-order valence-corrected chi connectivity index (χ2v) is 8.49. The number of para-hydroxylation sites is 1. The SMILES string of the molecule is Cc1cc(N2CCN(C)CC2)ccc1Nc1nc(Nc2ccccc2C)c2cc[nH]c2n1. The van der Waals surface area contributed by atoms with Crippen molar-refractivity contribution in [3.05, 3.63) is 65.9 Å². The van der Waals surface area contributed by atoms with Crippen molar-refractivity contribution in [1.29, 1.82) is 0 Å². The molecule has 0 unspecified atom stereocenters. The maximum Gasteiger partial charge on any atom is 0.231 e. The first kappa shape index (κ1) is 20.3. The molecule has 2 aromatic heterocycles. The van der Waals surface area contributed by atoms with E-state index in [4.69, 9.17) is 4.98 Å². The summed E-state index contributed by atoms with van der Waals surface area (Å²) in [6, 6.07) is 16.7. The van der Waals surface area contributed by atoms with Gasteiger partial charge in [0.15, 0.2) is 0 Å². The fraction of sp³-hybridized carbons (Fsp3) is 0.280. The summed E-state index contributed by atoms with van der Waals surface area (Å²) < 4.78 is 0. The van der Waals surface area contributed by atoms with Crippen molar-refractivity contribution in [2.24, 2.45) is 0 Å². The summed E-state index contributed by atoms with van der Waals surface area (Å²) in [5.74, 6) is 1.34. The second-order valence-electron chi connectivity index (χ2n) is 8.49. The van der Waals surface area contributed by atoms with Crippen LogP contribution in [0.1, 0.15) is 11.1 Å². The van der Waals surface area contributed by atoms with Gasteiger partial charge in [0.05, 0.1) is 5.39 Å². The van der Waals surface area contributed by atoms with Crippen LogP contribution < -0.4 is 15.5 Å². The number of nitrogens with one attached hydrogen (secondary N) is 3. The smallest absolute Gasteiger partial charge is 0.231 e. The first-order chi connectivity index (χ1) is 15.6. The van der Waals surface area contributed by atoms with E-state index in [1.807, 2.05) is 24.4 Å². The molecule has 1 fully saturated rings. The molecule has 0 amide bonds. The average Bonchev–Trinajstić information content (AvgIpc) is 3.26. The molecule has 164 valence electrons. The number of likely N-dealkylation sites (N-methyl/N-ethyl adjacent to an activating group) is 1. The zero-order valence-electron chi connectivity index (χ0n) is 18.8. The Labute approximate surface area is 188 Å². The number of nitrogens with zero attached hydrogens (tertiary/aromatic N) is 4. The Kier molecular flexibility index (Phi) is 5.41. The summed E-state index contributed by atoms with van der Waals surface area (Å²) in [6.07, 6.45) is 1.89. The molecule has 5 rings (SSSR count). The summed E-state index contributed by atoms with van der Waals surface area (Å²) in [5, 5.41) is 7.86. The molecule has 0 bridgehead atoms. The molecule has 1 aliphatic rings. The van der Waals surface area contributed by atoms with Gasteiger partial charge in [0.1, 0.15) is 11.5 Å². The van der Waals surface area contributed by atoms with Gasteiger partial charge in [-0.05, 0) is 62.4 Å². The van der Waals surface area contributed by atoms with Crippen LogP contribution in [0.25, 0.3) is 11.0 Å². The highest BCUT2D eigenvalue weighted by Gasteiger charge is 2.16. The second kappa shape index (κ2) is 8.51. The predicted molar refractivity (Wildman–Crippen MR) is 133 cm³/mol. The number of aromatic nitrogens is 3. The standard InChI is InChI=1S/C25H29N7/c1-17-6-4-5-7-21(17)27-24-20-10-11-26-23(20)29-25(30-24)28-22-9-8-19(16-18(22)2)32-14-12-31(3)13-15-32/h4-11,16H,12-15H2,1-3H3,(H3,26,27,28,29,30). The number of hydrogen-bond donors (Lipinski definition) is 3. The molecule has 32 heavy (non-hydrogen) atoms. The minimum absolute atomic E-state index is 0.562. The molecule has 0 radical (unpaired) electrons. The molecule has 7 nitrogen and oxygen atoms in total. The Morgan fingerprint density at radius 3 is 2.41 bits per heavy atom. The van der Waals surface area contributed by atoms with Crippen LogP contribution in [0.15, 0.2) is 54.7 Å². The molecule has 2 aromatic carbocycles. The minimum atomic E-state index is 0.562. The van der Waals surface area contributed by atoms with Crippen molar-refractivity contribution in [3.8, 4) is 0 Å². The van der Waals surface area contributed by atoms with E-state index in [0.29, 0.717) is 5.95 Å². The van der Waals surface area contributed by atoms with E-state index >= 15 is 0 Å². The van der Waals surface area contributed by atoms with Crippen molar-refractivity contribution in [3.63, 3.8) is 0 Å². The number of hydrogen-bond acceptors (Lipinski definition) is 6. The van der Waals surface area contributed by atoms with E-state index in [9.17, 15) is 0 Å². The van der Waals surface area contributed by atoms with Crippen molar-refractivity contribution < 1.29 is 0 Å². The van der Waals surface area contributed by atoms with Gasteiger partial charge in [-0.1, -0.05) is 18.2 Å². The fourth-order valence-electron chi connectivity index (χ4n) is 4.10. The van der Waals surface area contributed by atoms with Crippen molar-refractivity contribution in [1.82, 2.24) is 19.9 Å². The molecular formula is C25H29N7. The van der Waals surface area contributed by atoms with Gasteiger partial charge >= 0.3 is 0 Å². The third-order valence-electron chi connectivity index (χ3n) is 6.14. The van der Waals surface area contributed by atoms with Gasteiger partial charge in [-0.3, -0.25) is 0 Å². The monoisotopic (exact) mass is 427 g/mol. The number of fused-ring (bicyclic) bond motifs is 1. The van der Waals surface area contributed by atoms with Gasteiger partial charge in [0.25, 0.3) is 0 Å². The quantitative estimate of drug-likeness (QED) is 0.424. The van der Waals surface area contributed by atoms with Crippen LogP contribution in [0.4, 0.5) is 28.8 Å². The zero-order valence-corrected chi connectivity index (χ0v) is 18.8. The number of piperazine rings is 1. The summed E-state index contributed by atoms with van der Waals surface area (Å²) in [4.78, 5) is 17.5. The summed E-state index contributed by atoms with van der Waals surface area (Å²) in [7, 11) is 2.18. The molecule has 3 heterocycles. The van der Waals surface area contributed by atoms with E-state index in [-0.39, 0.29) is 0 Å². The highest BCUT2D eigenvalue weighted by Crippen LogP contribution is 2.29. The normalized spacial score (nSPS) is 14.7. The lowest BCUT2D eigenvalue weighted by Crippen LogP contribution is -2.44. The lowest BCUT2D eigenvalue weighted by atomic mass is 10.1. The van der Waals surface area contributed by atoms with Gasteiger partial charge in [-0.25, -0.2) is 0 Å². The van der Waals surface area contributed by atoms with E-state index in [2.05, 4.69) is 81.6 Å². The summed E-state index contributed by atoms with van der Waals surface area (Å²) >= 11 is 0. The average molecular weight is 428 g/mol. The first-order valence-corrected chi connectivity index (χ1v) is 11.1. The minimum Gasteiger partial charge on any atom is -0.369 e. The van der Waals surface area contributed by atoms with E-state index in [0.717, 1.165) is 54.4 Å². The topological polar surface area (TPSA) is 72.1 Å². The molecule has 0 aliphatic carbocycles. The maximum atomic E-state index is 4.80. The molecule has 3 N–H and O–H groups in total. The number of benzene rings is 2. The van der Waals surface area contributed by atoms with Gasteiger partial charge in [-0.2, -0.15) is 9.97 Å². The zero-order chi connectivity index (χ0) is 22.1.